The minimum atomic E-state index is -0.430. The van der Waals surface area contributed by atoms with E-state index < -0.39 is 5.97 Å². The van der Waals surface area contributed by atoms with Crippen molar-refractivity contribution in [3.05, 3.63) is 58.6 Å². The lowest BCUT2D eigenvalue weighted by Crippen LogP contribution is -2.08. The van der Waals surface area contributed by atoms with Crippen molar-refractivity contribution in [1.82, 2.24) is 0 Å². The maximum Gasteiger partial charge on any atom is 0.339 e. The summed E-state index contributed by atoms with van der Waals surface area (Å²) in [6, 6.07) is 11.8. The first-order valence-corrected chi connectivity index (χ1v) is 6.37. The van der Waals surface area contributed by atoms with Crippen LogP contribution in [-0.4, -0.2) is 18.2 Å². The maximum atomic E-state index is 11.7. The quantitative estimate of drug-likeness (QED) is 0.847. The molecule has 2 N–H and O–H groups in total. The zero-order valence-corrected chi connectivity index (χ0v) is 11.6. The van der Waals surface area contributed by atoms with E-state index in [-0.39, 0.29) is 5.75 Å². The van der Waals surface area contributed by atoms with Crippen LogP contribution in [0.4, 0.5) is 5.69 Å². The Balaban J connectivity index is 2.20. The van der Waals surface area contributed by atoms with Gasteiger partial charge in [0.2, 0.25) is 0 Å². The van der Waals surface area contributed by atoms with Gasteiger partial charge in [-0.25, -0.2) is 4.79 Å². The number of anilines is 1. The van der Waals surface area contributed by atoms with E-state index in [0.29, 0.717) is 22.8 Å². The van der Waals surface area contributed by atoms with Crippen LogP contribution in [0.25, 0.3) is 0 Å². The van der Waals surface area contributed by atoms with Crippen LogP contribution in [0.5, 0.6) is 5.75 Å². The lowest BCUT2D eigenvalue weighted by molar-refractivity contribution is 0.0602. The van der Waals surface area contributed by atoms with Crippen LogP contribution in [0.2, 0.25) is 5.02 Å². The molecule has 2 aromatic carbocycles. The molecule has 104 valence electrons. The Bertz CT molecular complexity index is 628. The zero-order valence-electron chi connectivity index (χ0n) is 10.9. The summed E-state index contributed by atoms with van der Waals surface area (Å²) in [7, 11) is 1.33. The van der Waals surface area contributed by atoms with Gasteiger partial charge >= 0.3 is 5.97 Å². The van der Waals surface area contributed by atoms with Gasteiger partial charge in [0.15, 0.2) is 0 Å². The summed E-state index contributed by atoms with van der Waals surface area (Å²) in [4.78, 5) is 11.7. The summed E-state index contributed by atoms with van der Waals surface area (Å²) in [6.07, 6.45) is 0. The van der Waals surface area contributed by atoms with Crippen LogP contribution < -0.4 is 5.32 Å². The molecule has 0 spiro atoms. The second-order valence-corrected chi connectivity index (χ2v) is 4.64. The summed E-state index contributed by atoms with van der Waals surface area (Å²) in [5.74, 6) is -0.233. The second-order valence-electron chi connectivity index (χ2n) is 4.20. The number of carbonyl (C=O) groups is 1. The van der Waals surface area contributed by atoms with Crippen LogP contribution in [0, 0.1) is 0 Å². The molecule has 0 fully saturated rings. The first-order valence-electron chi connectivity index (χ1n) is 6.00. The number of aromatic hydroxyl groups is 1. The van der Waals surface area contributed by atoms with Crippen LogP contribution in [0.15, 0.2) is 42.5 Å². The van der Waals surface area contributed by atoms with Crippen molar-refractivity contribution in [2.45, 2.75) is 6.54 Å². The third-order valence-corrected chi connectivity index (χ3v) is 3.02. The number of carbonyl (C=O) groups excluding carboxylic acids is 1. The Kier molecular flexibility index (Phi) is 4.48. The van der Waals surface area contributed by atoms with Gasteiger partial charge in [0.1, 0.15) is 5.75 Å². The van der Waals surface area contributed by atoms with E-state index in [1.165, 1.54) is 7.11 Å². The Labute approximate surface area is 122 Å². The van der Waals surface area contributed by atoms with Gasteiger partial charge < -0.3 is 15.2 Å². The summed E-state index contributed by atoms with van der Waals surface area (Å²) >= 11 is 5.94. The molecule has 2 aromatic rings. The van der Waals surface area contributed by atoms with Crippen LogP contribution in [0.1, 0.15) is 15.9 Å². The van der Waals surface area contributed by atoms with Crippen molar-refractivity contribution < 1.29 is 14.6 Å². The van der Waals surface area contributed by atoms with E-state index >= 15 is 0 Å². The van der Waals surface area contributed by atoms with Gasteiger partial charge in [-0.3, -0.25) is 0 Å². The number of halogens is 1. The number of hydrogen-bond donors (Lipinski definition) is 2. The Morgan fingerprint density at radius 2 is 2.10 bits per heavy atom. The number of phenols is 1. The first kappa shape index (κ1) is 14.2. The van der Waals surface area contributed by atoms with E-state index in [1.807, 2.05) is 6.07 Å². The van der Waals surface area contributed by atoms with E-state index in [4.69, 9.17) is 16.3 Å². The van der Waals surface area contributed by atoms with Crippen molar-refractivity contribution in [2.75, 3.05) is 12.4 Å². The lowest BCUT2D eigenvalue weighted by Gasteiger charge is -2.11. The fraction of sp³-hybridized carbons (Fsp3) is 0.133. The summed E-state index contributed by atoms with van der Waals surface area (Å²) in [6.45, 7) is 0.457. The smallest absolute Gasteiger partial charge is 0.339 e. The molecule has 5 heteroatoms. The van der Waals surface area contributed by atoms with Crippen molar-refractivity contribution in [3.8, 4) is 5.75 Å². The predicted molar refractivity (Wildman–Crippen MR) is 78.2 cm³/mol. The predicted octanol–water partition coefficient (Wildman–Crippen LogP) is 3.44. The molecule has 0 atom stereocenters. The molecule has 2 rings (SSSR count). The minimum absolute atomic E-state index is 0.198. The summed E-state index contributed by atoms with van der Waals surface area (Å²) in [5, 5.41) is 13.1. The molecular weight excluding hydrogens is 278 g/mol. The largest absolute Gasteiger partial charge is 0.508 e. The molecule has 0 heterocycles. The molecule has 0 bridgehead atoms. The highest BCUT2D eigenvalue weighted by molar-refractivity contribution is 6.31. The number of nitrogens with one attached hydrogen (secondary N) is 1. The fourth-order valence-electron chi connectivity index (χ4n) is 1.81. The van der Waals surface area contributed by atoms with Gasteiger partial charge in [-0.15, -0.1) is 0 Å². The average molecular weight is 292 g/mol. The second kappa shape index (κ2) is 6.30. The van der Waals surface area contributed by atoms with Crippen LogP contribution in [-0.2, 0) is 11.3 Å². The first-order chi connectivity index (χ1) is 9.60. The number of benzene rings is 2. The molecular formula is C15H14ClNO3. The SMILES string of the molecule is COC(=O)c1ccc(Cl)cc1NCc1cccc(O)c1. The maximum absolute atomic E-state index is 11.7. The Morgan fingerprint density at radius 1 is 1.30 bits per heavy atom. The van der Waals surface area contributed by atoms with E-state index in [9.17, 15) is 9.90 Å². The van der Waals surface area contributed by atoms with Crippen LogP contribution >= 0.6 is 11.6 Å². The van der Waals surface area contributed by atoms with Gasteiger partial charge in [0.05, 0.1) is 18.4 Å². The molecule has 0 unspecified atom stereocenters. The molecule has 0 aliphatic heterocycles. The van der Waals surface area contributed by atoms with Gasteiger partial charge in [-0.05, 0) is 35.9 Å². The van der Waals surface area contributed by atoms with Gasteiger partial charge in [0, 0.05) is 11.6 Å². The van der Waals surface area contributed by atoms with Crippen molar-refractivity contribution in [3.63, 3.8) is 0 Å². The molecule has 4 nitrogen and oxygen atoms in total. The molecule has 20 heavy (non-hydrogen) atoms. The van der Waals surface area contributed by atoms with E-state index in [1.54, 1.807) is 36.4 Å². The standard InChI is InChI=1S/C15H14ClNO3/c1-20-15(19)13-6-5-11(16)8-14(13)17-9-10-3-2-4-12(18)7-10/h2-8,17-18H,9H2,1H3. The van der Waals surface area contributed by atoms with Gasteiger partial charge in [-0.1, -0.05) is 23.7 Å². The number of phenolic OH excluding ortho intramolecular Hbond substituents is 1. The number of rotatable bonds is 4. The highest BCUT2D eigenvalue weighted by Gasteiger charge is 2.12. The highest BCUT2D eigenvalue weighted by Crippen LogP contribution is 2.23. The van der Waals surface area contributed by atoms with E-state index in [0.717, 1.165) is 5.56 Å². The minimum Gasteiger partial charge on any atom is -0.508 e. The van der Waals surface area contributed by atoms with Gasteiger partial charge in [0.25, 0.3) is 0 Å². The average Bonchev–Trinajstić information content (AvgIpc) is 2.44. The monoisotopic (exact) mass is 291 g/mol. The molecule has 0 radical (unpaired) electrons. The number of esters is 1. The molecule has 0 aliphatic carbocycles. The lowest BCUT2D eigenvalue weighted by atomic mass is 10.1. The molecule has 0 saturated carbocycles. The number of ether oxygens (including phenoxy) is 1. The topological polar surface area (TPSA) is 58.6 Å². The van der Waals surface area contributed by atoms with Gasteiger partial charge in [-0.2, -0.15) is 0 Å². The van der Waals surface area contributed by atoms with Crippen molar-refractivity contribution in [2.24, 2.45) is 0 Å². The molecule has 0 aliphatic rings. The molecule has 0 saturated heterocycles. The number of methoxy groups -OCH3 is 1. The summed E-state index contributed by atoms with van der Waals surface area (Å²) < 4.78 is 4.73. The zero-order chi connectivity index (χ0) is 14.5. The fourth-order valence-corrected chi connectivity index (χ4v) is 1.99. The van der Waals surface area contributed by atoms with Crippen LogP contribution in [0.3, 0.4) is 0 Å². The third-order valence-electron chi connectivity index (χ3n) is 2.78. The summed E-state index contributed by atoms with van der Waals surface area (Å²) in [5.41, 5.74) is 1.89. The van der Waals surface area contributed by atoms with Crippen molar-refractivity contribution >= 4 is 23.3 Å². The molecule has 0 amide bonds. The molecule has 0 aromatic heterocycles. The Morgan fingerprint density at radius 3 is 2.80 bits per heavy atom. The van der Waals surface area contributed by atoms with E-state index in [2.05, 4.69) is 5.32 Å². The normalized spacial score (nSPS) is 10.1. The number of hydrogen-bond acceptors (Lipinski definition) is 4. The highest BCUT2D eigenvalue weighted by atomic mass is 35.5. The Hall–Kier alpha value is -2.20. The third kappa shape index (κ3) is 3.42. The van der Waals surface area contributed by atoms with Crippen molar-refractivity contribution in [1.29, 1.82) is 0 Å².